The maximum Gasteiger partial charge on any atom is 0.416 e. The van der Waals surface area contributed by atoms with Crippen LogP contribution in [0.4, 0.5) is 39.5 Å². The molecule has 7 aromatic rings. The number of nitrogens with zero attached hydrogens (tertiary/aromatic N) is 2. The number of ketones is 2. The highest BCUT2D eigenvalue weighted by atomic mass is 32.2. The van der Waals surface area contributed by atoms with E-state index >= 15 is 0 Å². The van der Waals surface area contributed by atoms with E-state index in [1.165, 1.54) is 35.6 Å². The van der Waals surface area contributed by atoms with Gasteiger partial charge in [-0.2, -0.15) is 39.5 Å². The number of fused-ring (bicyclic) bond motifs is 3. The lowest BCUT2D eigenvalue weighted by molar-refractivity contribution is -0.145. The van der Waals surface area contributed by atoms with Crippen molar-refractivity contribution in [1.29, 1.82) is 0 Å². The van der Waals surface area contributed by atoms with Gasteiger partial charge in [-0.3, -0.25) is 9.59 Å². The summed E-state index contributed by atoms with van der Waals surface area (Å²) in [5.74, 6) is -0.0777. The number of hydrogen-bond acceptors (Lipinski definition) is 8. The highest BCUT2D eigenvalue weighted by molar-refractivity contribution is 7.98. The van der Waals surface area contributed by atoms with Crippen LogP contribution in [0.3, 0.4) is 0 Å². The number of Topliss-reactive ketones (excluding diaryl/α,β-unsaturated/α-hetero) is 2. The number of hydrogen-bond donors (Lipinski definition) is 1. The first-order chi connectivity index (χ1) is 38.0. The monoisotopic (exact) mass is 1140 g/mol. The maximum absolute atomic E-state index is 13.8. The standard InChI is InChI=1S/C41H39F6NO2.C21H18F3NO3S2/c42-40(43,44)23-19-38(50)39(35-13-5-3-10-32(35)33-11-4-6-14-36(33)39)22-7-8-24-48-25-20-28(21-26-48)27-37(49)34-12-2-1-9-31(34)29-15-17-30(18-16-29)41(45,46)47;1-12-9-16(7-8-17(12)28-10-19(26)27)29-11-18-13(2)25-20(30-18)14-3-5-15(6-4-14)21(22,23)24/h1-6,9-18,28H,7-8,19-27H2;3-9H,10-11H2,1-2H3,(H,26,27). The molecule has 9 rings (SSSR count). The van der Waals surface area contributed by atoms with E-state index in [-0.39, 0.29) is 18.3 Å². The predicted molar refractivity (Wildman–Crippen MR) is 293 cm³/mol. The summed E-state index contributed by atoms with van der Waals surface area (Å²) in [4.78, 5) is 46.8. The smallest absolute Gasteiger partial charge is 0.416 e. The van der Waals surface area contributed by atoms with Crippen molar-refractivity contribution in [3.05, 3.63) is 183 Å². The summed E-state index contributed by atoms with van der Waals surface area (Å²) in [6, 6.07) is 37.6. The molecule has 80 heavy (non-hydrogen) atoms. The van der Waals surface area contributed by atoms with E-state index in [0.29, 0.717) is 58.0 Å². The summed E-state index contributed by atoms with van der Waals surface area (Å²) < 4.78 is 122. The van der Waals surface area contributed by atoms with Gasteiger partial charge in [0.2, 0.25) is 0 Å². The summed E-state index contributed by atoms with van der Waals surface area (Å²) in [7, 11) is 0. The number of thioether (sulfide) groups is 1. The highest BCUT2D eigenvalue weighted by Gasteiger charge is 2.48. The number of rotatable bonds is 19. The van der Waals surface area contributed by atoms with Gasteiger partial charge in [0, 0.05) is 39.5 Å². The maximum atomic E-state index is 13.8. The fraction of sp³-hybridized carbons (Fsp3) is 0.323. The first kappa shape index (κ1) is 59.4. The number of thiazole rings is 1. The number of aromatic nitrogens is 1. The van der Waals surface area contributed by atoms with Crippen molar-refractivity contribution in [1.82, 2.24) is 9.88 Å². The molecule has 420 valence electrons. The fourth-order valence-corrected chi connectivity index (χ4v) is 12.7. The summed E-state index contributed by atoms with van der Waals surface area (Å²) in [6.45, 7) is 5.74. The zero-order chi connectivity index (χ0) is 57.4. The van der Waals surface area contributed by atoms with Crippen LogP contribution in [0.1, 0.15) is 100 Å². The Morgan fingerprint density at radius 1 is 0.713 bits per heavy atom. The second-order valence-corrected chi connectivity index (χ2v) is 22.2. The number of halogens is 9. The molecule has 1 aliphatic heterocycles. The second-order valence-electron chi connectivity index (χ2n) is 20.0. The number of carbonyl (C=O) groups excluding carboxylic acids is 2. The van der Waals surface area contributed by atoms with Gasteiger partial charge in [-0.05, 0) is 146 Å². The molecule has 1 aromatic heterocycles. The second kappa shape index (κ2) is 25.4. The van der Waals surface area contributed by atoms with Crippen LogP contribution < -0.4 is 4.74 Å². The summed E-state index contributed by atoms with van der Waals surface area (Å²) in [5.41, 5.74) is 4.89. The third-order valence-electron chi connectivity index (χ3n) is 14.6. The van der Waals surface area contributed by atoms with Crippen LogP contribution in [0.15, 0.2) is 144 Å². The Balaban J connectivity index is 0.000000239. The lowest BCUT2D eigenvalue weighted by atomic mass is 9.70. The molecule has 1 saturated heterocycles. The minimum Gasteiger partial charge on any atom is -0.482 e. The van der Waals surface area contributed by atoms with Crippen LogP contribution in [0.2, 0.25) is 0 Å². The zero-order valence-corrected chi connectivity index (χ0v) is 45.4. The molecule has 1 N–H and O–H groups in total. The average Bonchev–Trinajstić information content (AvgIpc) is 4.15. The molecule has 0 amide bonds. The van der Waals surface area contributed by atoms with Crippen molar-refractivity contribution in [2.75, 3.05) is 26.2 Å². The topological polar surface area (TPSA) is 96.8 Å². The summed E-state index contributed by atoms with van der Waals surface area (Å²) >= 11 is 3.06. The lowest BCUT2D eigenvalue weighted by Gasteiger charge is -2.33. The van der Waals surface area contributed by atoms with Crippen molar-refractivity contribution >= 4 is 40.6 Å². The fourth-order valence-electron chi connectivity index (χ4n) is 10.5. The molecule has 1 aliphatic carbocycles. The number of ether oxygens (including phenoxy) is 1. The van der Waals surface area contributed by atoms with Crippen molar-refractivity contribution in [3.63, 3.8) is 0 Å². The summed E-state index contributed by atoms with van der Waals surface area (Å²) in [6.07, 6.45) is -11.0. The molecule has 2 heterocycles. The summed E-state index contributed by atoms with van der Waals surface area (Å²) in [5, 5.41) is 9.39. The van der Waals surface area contributed by atoms with Crippen molar-refractivity contribution in [2.24, 2.45) is 5.92 Å². The van der Waals surface area contributed by atoms with Gasteiger partial charge in [0.25, 0.3) is 0 Å². The average molecular weight is 1150 g/mol. The molecule has 0 radical (unpaired) electrons. The van der Waals surface area contributed by atoms with Gasteiger partial charge < -0.3 is 14.7 Å². The minimum atomic E-state index is -4.43. The molecule has 2 aliphatic rings. The first-order valence-electron chi connectivity index (χ1n) is 26.0. The Labute approximate surface area is 466 Å². The molecule has 0 atom stereocenters. The largest absolute Gasteiger partial charge is 0.482 e. The minimum absolute atomic E-state index is 0.0310. The molecule has 0 bridgehead atoms. The van der Waals surface area contributed by atoms with Gasteiger partial charge in [0.15, 0.2) is 12.4 Å². The third kappa shape index (κ3) is 14.6. The van der Waals surface area contributed by atoms with Crippen LogP contribution >= 0.6 is 23.1 Å². The molecule has 0 unspecified atom stereocenters. The Kier molecular flexibility index (Phi) is 18.8. The van der Waals surface area contributed by atoms with E-state index < -0.39 is 59.7 Å². The zero-order valence-electron chi connectivity index (χ0n) is 43.7. The lowest BCUT2D eigenvalue weighted by Crippen LogP contribution is -2.37. The number of aryl methyl sites for hydroxylation is 2. The van der Waals surface area contributed by atoms with Crippen molar-refractivity contribution < 1.29 is 63.7 Å². The van der Waals surface area contributed by atoms with Crippen LogP contribution in [-0.2, 0) is 33.1 Å². The number of carboxylic acid groups (broad SMARTS) is 1. The SMILES string of the molecule is Cc1cc(SCc2sc(-c3ccc(C(F)(F)F)cc3)nc2C)ccc1OCC(=O)O.O=C(CC1CCN(CCCCC2(C(=O)CCC(F)(F)F)c3ccccc3-c3ccccc32)CC1)c1ccccc1-c1ccc(C(F)(F)F)cc1. The van der Waals surface area contributed by atoms with Gasteiger partial charge in [-0.15, -0.1) is 23.1 Å². The molecule has 0 saturated carbocycles. The normalized spacial score (nSPS) is 14.4. The van der Waals surface area contributed by atoms with E-state index in [2.05, 4.69) is 9.88 Å². The number of likely N-dealkylation sites (tertiary alicyclic amines) is 1. The molecule has 1 fully saturated rings. The third-order valence-corrected chi connectivity index (χ3v) is 17.0. The number of benzene rings is 6. The van der Waals surface area contributed by atoms with Crippen molar-refractivity contribution in [2.45, 2.75) is 99.8 Å². The highest BCUT2D eigenvalue weighted by Crippen LogP contribution is 2.53. The Morgan fingerprint density at radius 3 is 1.84 bits per heavy atom. The quantitative estimate of drug-likeness (QED) is 0.0370. The van der Waals surface area contributed by atoms with E-state index in [1.807, 2.05) is 74.5 Å². The number of unbranched alkanes of at least 4 members (excludes halogenated alkanes) is 1. The van der Waals surface area contributed by atoms with Crippen LogP contribution in [0.5, 0.6) is 5.75 Å². The number of aliphatic carboxylic acids is 1. The first-order valence-corrected chi connectivity index (χ1v) is 27.8. The molecular weight excluding hydrogens is 1090 g/mol. The Hall–Kier alpha value is -6.76. The number of carboxylic acids is 1. The van der Waals surface area contributed by atoms with Crippen molar-refractivity contribution in [3.8, 4) is 38.6 Å². The Morgan fingerprint density at radius 2 is 1.27 bits per heavy atom. The van der Waals surface area contributed by atoms with Gasteiger partial charge in [-0.25, -0.2) is 9.78 Å². The van der Waals surface area contributed by atoms with E-state index in [9.17, 15) is 53.9 Å². The van der Waals surface area contributed by atoms with Crippen LogP contribution in [0.25, 0.3) is 32.8 Å². The van der Waals surface area contributed by atoms with Gasteiger partial charge in [-0.1, -0.05) is 103 Å². The Bertz CT molecular complexity index is 3250. The van der Waals surface area contributed by atoms with Crippen LogP contribution in [-0.4, -0.2) is 64.9 Å². The molecule has 0 spiro atoms. The number of piperidine rings is 1. The number of alkyl halides is 9. The molecule has 6 aromatic carbocycles. The van der Waals surface area contributed by atoms with Gasteiger partial charge in [0.1, 0.15) is 16.5 Å². The van der Waals surface area contributed by atoms with Crippen LogP contribution in [0, 0.1) is 19.8 Å². The predicted octanol–water partition coefficient (Wildman–Crippen LogP) is 16.9. The van der Waals surface area contributed by atoms with E-state index in [4.69, 9.17) is 9.84 Å². The van der Waals surface area contributed by atoms with Gasteiger partial charge >= 0.3 is 24.5 Å². The molecular formula is C62H57F9N2O5S2. The molecule has 18 heteroatoms. The molecule has 7 nitrogen and oxygen atoms in total. The number of carbonyl (C=O) groups is 3. The van der Waals surface area contributed by atoms with E-state index in [0.717, 1.165) is 106 Å². The van der Waals surface area contributed by atoms with Gasteiger partial charge in [0.05, 0.1) is 28.7 Å². The van der Waals surface area contributed by atoms with E-state index in [1.54, 1.807) is 42.1 Å².